The van der Waals surface area contributed by atoms with E-state index in [0.29, 0.717) is 6.61 Å². The number of rotatable bonds is 5. The first kappa shape index (κ1) is 10.9. The van der Waals surface area contributed by atoms with Crippen LogP contribution in [0.15, 0.2) is 34.3 Å². The highest BCUT2D eigenvalue weighted by atomic mass is 16.5. The first-order valence-corrected chi connectivity index (χ1v) is 5.65. The zero-order chi connectivity index (χ0) is 11.2. The van der Waals surface area contributed by atoms with Gasteiger partial charge in [0.2, 0.25) is 0 Å². The van der Waals surface area contributed by atoms with E-state index < -0.39 is 0 Å². The minimum absolute atomic E-state index is 0.204. The lowest BCUT2D eigenvalue weighted by molar-refractivity contribution is 0.308. The van der Waals surface area contributed by atoms with Crippen molar-refractivity contribution in [2.45, 2.75) is 25.8 Å². The highest BCUT2D eigenvalue weighted by Gasteiger charge is 2.05. The topological polar surface area (TPSA) is 34.0 Å². The van der Waals surface area contributed by atoms with E-state index in [4.69, 9.17) is 4.74 Å². The van der Waals surface area contributed by atoms with E-state index in [-0.39, 0.29) is 6.04 Å². The van der Waals surface area contributed by atoms with Crippen LogP contribution in [0, 0.1) is 0 Å². The van der Waals surface area contributed by atoms with Crippen molar-refractivity contribution < 1.29 is 4.74 Å². The lowest BCUT2D eigenvalue weighted by Crippen LogP contribution is -2.09. The van der Waals surface area contributed by atoms with Crippen LogP contribution in [0.3, 0.4) is 0 Å². The van der Waals surface area contributed by atoms with Gasteiger partial charge in [-0.3, -0.25) is 4.99 Å². The van der Waals surface area contributed by atoms with Crippen molar-refractivity contribution in [3.05, 3.63) is 29.8 Å². The minimum atomic E-state index is 0.204. The van der Waals surface area contributed by atoms with Gasteiger partial charge in [-0.05, 0) is 24.1 Å². The maximum atomic E-state index is 5.63. The fourth-order valence-corrected chi connectivity index (χ4v) is 1.57. The van der Waals surface area contributed by atoms with Gasteiger partial charge in [0.25, 0.3) is 0 Å². The second-order valence-corrected chi connectivity index (χ2v) is 3.76. The molecular weight excluding hydrogens is 200 g/mol. The van der Waals surface area contributed by atoms with Crippen molar-refractivity contribution in [1.29, 1.82) is 0 Å². The molecule has 1 aliphatic heterocycles. The molecule has 1 aliphatic rings. The number of hydrogen-bond donors (Lipinski definition) is 0. The monoisotopic (exact) mass is 216 g/mol. The van der Waals surface area contributed by atoms with Gasteiger partial charge in [-0.25, -0.2) is 4.99 Å². The fraction of sp³-hybridized carbons (Fsp3) is 0.385. The van der Waals surface area contributed by atoms with Gasteiger partial charge in [0.05, 0.1) is 12.6 Å². The Morgan fingerprint density at radius 3 is 2.69 bits per heavy atom. The number of nitrogens with zero attached hydrogens (tertiary/aromatic N) is 2. The molecule has 0 bridgehead atoms. The number of benzene rings is 1. The lowest BCUT2D eigenvalue weighted by Gasteiger charge is -2.07. The molecule has 1 unspecified atom stereocenters. The molecule has 1 heterocycles. The molecule has 0 saturated heterocycles. The predicted molar refractivity (Wildman–Crippen MR) is 66.7 cm³/mol. The molecule has 84 valence electrons. The summed E-state index contributed by atoms with van der Waals surface area (Å²) in [4.78, 5) is 8.11. The van der Waals surface area contributed by atoms with Crippen LogP contribution in [0.5, 0.6) is 5.75 Å². The number of aliphatic imine (C=N–C) groups is 2. The van der Waals surface area contributed by atoms with Gasteiger partial charge >= 0.3 is 0 Å². The average molecular weight is 216 g/mol. The summed E-state index contributed by atoms with van der Waals surface area (Å²) in [5.74, 6) is 0.927. The molecule has 0 spiro atoms. The van der Waals surface area contributed by atoms with Crippen LogP contribution in [0.1, 0.15) is 18.9 Å². The second kappa shape index (κ2) is 5.45. The maximum Gasteiger partial charge on any atom is 0.119 e. The zero-order valence-electron chi connectivity index (χ0n) is 9.47. The van der Waals surface area contributed by atoms with E-state index in [1.54, 1.807) is 6.34 Å². The summed E-state index contributed by atoms with van der Waals surface area (Å²) >= 11 is 0. The number of hydrogen-bond acceptors (Lipinski definition) is 3. The Bertz CT molecular complexity index is 369. The second-order valence-electron chi connectivity index (χ2n) is 3.76. The highest BCUT2D eigenvalue weighted by Crippen LogP contribution is 2.13. The summed E-state index contributed by atoms with van der Waals surface area (Å²) in [7, 11) is 0. The molecular formula is C13H16N2O. The molecule has 1 atom stereocenters. The van der Waals surface area contributed by atoms with Crippen LogP contribution in [-0.2, 0) is 6.42 Å². The molecule has 0 aromatic heterocycles. The highest BCUT2D eigenvalue weighted by molar-refractivity contribution is 5.82. The summed E-state index contributed by atoms with van der Waals surface area (Å²) in [5.41, 5.74) is 1.33. The van der Waals surface area contributed by atoms with Crippen molar-refractivity contribution in [2.24, 2.45) is 9.98 Å². The third-order valence-corrected chi connectivity index (χ3v) is 2.60. The van der Waals surface area contributed by atoms with Gasteiger partial charge in [-0.15, -0.1) is 0 Å². The molecule has 1 aromatic rings. The van der Waals surface area contributed by atoms with E-state index in [0.717, 1.165) is 18.6 Å². The summed E-state index contributed by atoms with van der Waals surface area (Å²) < 4.78 is 5.63. The predicted octanol–water partition coefficient (Wildman–Crippen LogP) is 2.50. The number of ether oxygens (including phenoxy) is 1. The van der Waals surface area contributed by atoms with Crippen molar-refractivity contribution in [3.63, 3.8) is 0 Å². The molecule has 2 rings (SSSR count). The molecule has 16 heavy (non-hydrogen) atoms. The fourth-order valence-electron chi connectivity index (χ4n) is 1.57. The molecule has 1 aromatic carbocycles. The Kier molecular flexibility index (Phi) is 3.70. The lowest BCUT2D eigenvalue weighted by atomic mass is 10.2. The normalized spacial score (nSPS) is 17.9. The summed E-state index contributed by atoms with van der Waals surface area (Å²) in [6.45, 7) is 2.83. The van der Waals surface area contributed by atoms with Crippen molar-refractivity contribution in [2.75, 3.05) is 6.61 Å². The standard InChI is InChI=1S/C13H16N2O/c1-2-11-3-5-13(6-4-11)16-8-7-12-9-14-10-15-12/h3-6,9-10,12H,2,7-8H2,1H3. The van der Waals surface area contributed by atoms with Crippen LogP contribution < -0.4 is 4.74 Å². The molecule has 0 N–H and O–H groups in total. The van der Waals surface area contributed by atoms with E-state index in [1.165, 1.54) is 5.56 Å². The molecule has 0 saturated carbocycles. The molecule has 3 nitrogen and oxygen atoms in total. The summed E-state index contributed by atoms with van der Waals surface area (Å²) in [6, 6.07) is 8.44. The Balaban J connectivity index is 1.76. The average Bonchev–Trinajstić information content (AvgIpc) is 2.83. The first-order chi connectivity index (χ1) is 7.88. The first-order valence-electron chi connectivity index (χ1n) is 5.65. The molecule has 0 amide bonds. The van der Waals surface area contributed by atoms with Gasteiger partial charge in [-0.2, -0.15) is 0 Å². The summed E-state index contributed by atoms with van der Waals surface area (Å²) in [6.07, 6.45) is 5.40. The van der Waals surface area contributed by atoms with Crippen molar-refractivity contribution >= 4 is 12.6 Å². The molecule has 0 fully saturated rings. The van der Waals surface area contributed by atoms with E-state index in [9.17, 15) is 0 Å². The quantitative estimate of drug-likeness (QED) is 0.744. The third kappa shape index (κ3) is 2.92. The maximum absolute atomic E-state index is 5.63. The van der Waals surface area contributed by atoms with Crippen LogP contribution in [0.25, 0.3) is 0 Å². The largest absolute Gasteiger partial charge is 0.494 e. The van der Waals surface area contributed by atoms with Crippen molar-refractivity contribution in [3.8, 4) is 5.75 Å². The number of aryl methyl sites for hydroxylation is 1. The van der Waals surface area contributed by atoms with Crippen molar-refractivity contribution in [1.82, 2.24) is 0 Å². The van der Waals surface area contributed by atoms with Crippen LogP contribution in [0.2, 0.25) is 0 Å². The third-order valence-electron chi connectivity index (χ3n) is 2.60. The van der Waals surface area contributed by atoms with Crippen LogP contribution in [-0.4, -0.2) is 25.2 Å². The van der Waals surface area contributed by atoms with Gasteiger partial charge in [0.15, 0.2) is 0 Å². The Labute approximate surface area is 95.9 Å². The molecule has 3 heteroatoms. The SMILES string of the molecule is CCc1ccc(OCCC2C=NC=N2)cc1. The molecule has 0 radical (unpaired) electrons. The Morgan fingerprint density at radius 1 is 1.25 bits per heavy atom. The van der Waals surface area contributed by atoms with E-state index in [1.807, 2.05) is 18.3 Å². The van der Waals surface area contributed by atoms with E-state index in [2.05, 4.69) is 29.0 Å². The van der Waals surface area contributed by atoms with Gasteiger partial charge in [-0.1, -0.05) is 19.1 Å². The van der Waals surface area contributed by atoms with Gasteiger partial charge < -0.3 is 4.74 Å². The summed E-state index contributed by atoms with van der Waals surface area (Å²) in [5, 5.41) is 0. The Hall–Kier alpha value is -1.64. The van der Waals surface area contributed by atoms with E-state index >= 15 is 0 Å². The van der Waals surface area contributed by atoms with Crippen LogP contribution >= 0.6 is 0 Å². The smallest absolute Gasteiger partial charge is 0.119 e. The Morgan fingerprint density at radius 2 is 2.06 bits per heavy atom. The van der Waals surface area contributed by atoms with Crippen LogP contribution in [0.4, 0.5) is 0 Å². The van der Waals surface area contributed by atoms with Gasteiger partial charge in [0.1, 0.15) is 12.1 Å². The van der Waals surface area contributed by atoms with Gasteiger partial charge in [0, 0.05) is 12.6 Å². The minimum Gasteiger partial charge on any atom is -0.494 e. The molecule has 0 aliphatic carbocycles. The zero-order valence-corrected chi connectivity index (χ0v) is 9.47.